The van der Waals surface area contributed by atoms with Crippen molar-refractivity contribution >= 4 is 23.8 Å². The molecule has 2 saturated heterocycles. The highest BCUT2D eigenvalue weighted by molar-refractivity contribution is 8.00. The summed E-state index contributed by atoms with van der Waals surface area (Å²) >= 11 is 1.87. The Bertz CT molecular complexity index is 496. The number of urea groups is 1. The lowest BCUT2D eigenvalue weighted by Crippen LogP contribution is -2.63. The second-order valence-corrected chi connectivity index (χ2v) is 8.48. The molecule has 0 spiro atoms. The first kappa shape index (κ1) is 23.1. The van der Waals surface area contributed by atoms with Crippen molar-refractivity contribution in [1.82, 2.24) is 10.6 Å². The molecule has 0 aromatic rings. The fraction of sp³-hybridized carbons (Fsp3) is 0.875. The Labute approximate surface area is 165 Å². The summed E-state index contributed by atoms with van der Waals surface area (Å²) < 4.78 is 0. The van der Waals surface area contributed by atoms with Crippen molar-refractivity contribution in [3.63, 3.8) is 0 Å². The molecule has 2 heterocycles. The first-order chi connectivity index (χ1) is 13.1. The number of amides is 2. The number of carbonyl (C=O) groups is 2. The van der Waals surface area contributed by atoms with Gasteiger partial charge in [-0.2, -0.15) is 11.8 Å². The number of carboxylic acids is 1. The zero-order valence-corrected chi connectivity index (χ0v) is 15.9. The van der Waals surface area contributed by atoms with Gasteiger partial charge in [0.05, 0.1) is 12.1 Å². The monoisotopic (exact) mass is 424 g/mol. The minimum absolute atomic E-state index is 0.0640. The number of hydrogen-bond acceptors (Lipinski definition) is 9. The number of aliphatic carboxylic acids is 1. The molecule has 0 radical (unpaired) electrons. The van der Waals surface area contributed by atoms with Crippen LogP contribution in [0.5, 0.6) is 0 Å². The lowest BCUT2D eigenvalue weighted by molar-refractivity contribution is -0.223. The SMILES string of the molecule is O=C(O)CCCC[C@H]1SC[C@H]2NC(=O)N[C@H]21.OC1C(O)C(O)C(O)C(O)C1O. The van der Waals surface area contributed by atoms with Gasteiger partial charge in [-0.1, -0.05) is 6.42 Å². The van der Waals surface area contributed by atoms with Crippen molar-refractivity contribution in [3.05, 3.63) is 0 Å². The molecule has 3 aliphatic rings. The third-order valence-corrected chi connectivity index (χ3v) is 6.68. The van der Waals surface area contributed by atoms with Gasteiger partial charge in [-0.25, -0.2) is 4.79 Å². The molecule has 3 atom stereocenters. The van der Waals surface area contributed by atoms with E-state index in [1.165, 1.54) is 0 Å². The van der Waals surface area contributed by atoms with E-state index in [1.807, 2.05) is 11.8 Å². The summed E-state index contributed by atoms with van der Waals surface area (Å²) in [5.74, 6) is 0.236. The number of carboxylic acid groups (broad SMARTS) is 1. The van der Waals surface area contributed by atoms with Crippen LogP contribution in [0.25, 0.3) is 0 Å². The van der Waals surface area contributed by atoms with Gasteiger partial charge in [-0.15, -0.1) is 0 Å². The van der Waals surface area contributed by atoms with E-state index in [0.717, 1.165) is 25.0 Å². The van der Waals surface area contributed by atoms with Crippen molar-refractivity contribution in [1.29, 1.82) is 0 Å². The summed E-state index contributed by atoms with van der Waals surface area (Å²) in [6.45, 7) is 0. The van der Waals surface area contributed by atoms with E-state index < -0.39 is 42.6 Å². The summed E-state index contributed by atoms with van der Waals surface area (Å²) in [6, 6.07) is 0.440. The van der Waals surface area contributed by atoms with Gasteiger partial charge in [0.25, 0.3) is 0 Å². The minimum atomic E-state index is -1.64. The quantitative estimate of drug-likeness (QED) is 0.161. The molecule has 0 bridgehead atoms. The van der Waals surface area contributed by atoms with Crippen molar-refractivity contribution in [3.8, 4) is 0 Å². The van der Waals surface area contributed by atoms with E-state index in [9.17, 15) is 9.59 Å². The maximum absolute atomic E-state index is 11.1. The summed E-state index contributed by atoms with van der Waals surface area (Å²) in [6.07, 6.45) is -6.96. The topological polar surface area (TPSA) is 200 Å². The summed E-state index contributed by atoms with van der Waals surface area (Å²) in [5, 5.41) is 68.6. The highest BCUT2D eigenvalue weighted by Crippen LogP contribution is 2.33. The highest BCUT2D eigenvalue weighted by atomic mass is 32.2. The van der Waals surface area contributed by atoms with Gasteiger partial charge in [-0.3, -0.25) is 4.79 Å². The van der Waals surface area contributed by atoms with E-state index in [-0.39, 0.29) is 24.5 Å². The third kappa shape index (κ3) is 5.47. The number of carbonyl (C=O) groups excluding carboxylic acids is 1. The Morgan fingerprint density at radius 1 is 0.893 bits per heavy atom. The van der Waals surface area contributed by atoms with Crippen molar-refractivity contribution < 1.29 is 45.3 Å². The number of aliphatic hydroxyl groups excluding tert-OH is 6. The average Bonchev–Trinajstić information content (AvgIpc) is 3.20. The number of nitrogens with one attached hydrogen (secondary N) is 2. The molecule has 11 nitrogen and oxygen atoms in total. The maximum atomic E-state index is 11.1. The van der Waals surface area contributed by atoms with E-state index >= 15 is 0 Å². The Morgan fingerprint density at radius 2 is 1.39 bits per heavy atom. The van der Waals surface area contributed by atoms with Crippen molar-refractivity contribution in [2.45, 2.75) is 79.6 Å². The zero-order valence-electron chi connectivity index (χ0n) is 15.1. The standard InChI is InChI=1S/C10H16N2O3S.C6H12O6/c13-8(14)4-2-1-3-7-9-6(5-16-7)11-10(15)12-9;7-1-2(8)4(10)6(12)5(11)3(1)9/h6-7,9H,1-5H2,(H,13,14)(H2,11,12,15);1-12H/t6-,7-,9-;/m1./s1. The molecule has 2 amide bonds. The average molecular weight is 424 g/mol. The molecule has 3 fully saturated rings. The lowest BCUT2D eigenvalue weighted by atomic mass is 9.85. The molecule has 0 aromatic carbocycles. The van der Waals surface area contributed by atoms with Crippen LogP contribution in [0.4, 0.5) is 4.79 Å². The van der Waals surface area contributed by atoms with Crippen LogP contribution in [-0.4, -0.2) is 107 Å². The zero-order chi connectivity index (χ0) is 21.0. The Morgan fingerprint density at radius 3 is 1.86 bits per heavy atom. The molecular formula is C16H28N2O9S. The molecule has 1 aliphatic carbocycles. The van der Waals surface area contributed by atoms with E-state index in [2.05, 4.69) is 10.6 Å². The number of fused-ring (bicyclic) bond motifs is 1. The molecule has 28 heavy (non-hydrogen) atoms. The fourth-order valence-electron chi connectivity index (χ4n) is 3.48. The van der Waals surface area contributed by atoms with Crippen LogP contribution in [0.1, 0.15) is 25.7 Å². The number of hydrogen-bond donors (Lipinski definition) is 9. The van der Waals surface area contributed by atoms with Crippen LogP contribution < -0.4 is 10.6 Å². The van der Waals surface area contributed by atoms with E-state index in [4.69, 9.17) is 35.7 Å². The predicted octanol–water partition coefficient (Wildman–Crippen LogP) is -3.04. The highest BCUT2D eigenvalue weighted by Gasteiger charge is 2.47. The Kier molecular flexibility index (Phi) is 8.30. The summed E-state index contributed by atoms with van der Waals surface area (Å²) in [4.78, 5) is 21.5. The van der Waals surface area contributed by atoms with Gasteiger partial charge in [0.15, 0.2) is 0 Å². The molecule has 0 aromatic heterocycles. The van der Waals surface area contributed by atoms with Gasteiger partial charge in [0.2, 0.25) is 0 Å². The van der Waals surface area contributed by atoms with Crippen LogP contribution in [0.15, 0.2) is 0 Å². The molecule has 162 valence electrons. The lowest BCUT2D eigenvalue weighted by Gasteiger charge is -2.39. The van der Waals surface area contributed by atoms with Gasteiger partial charge >= 0.3 is 12.0 Å². The molecule has 1 saturated carbocycles. The number of unbranched alkanes of at least 4 members (excludes halogenated alkanes) is 1. The van der Waals surface area contributed by atoms with Crippen LogP contribution in [0, 0.1) is 0 Å². The molecule has 3 rings (SSSR count). The Balaban J connectivity index is 0.000000209. The van der Waals surface area contributed by atoms with Gasteiger partial charge in [0, 0.05) is 17.4 Å². The minimum Gasteiger partial charge on any atom is -0.481 e. The Hall–Kier alpha value is -1.15. The number of thioether (sulfide) groups is 1. The van der Waals surface area contributed by atoms with Gasteiger partial charge < -0.3 is 46.4 Å². The summed E-state index contributed by atoms with van der Waals surface area (Å²) in [5.41, 5.74) is 0. The van der Waals surface area contributed by atoms with E-state index in [1.54, 1.807) is 0 Å². The molecule has 0 unspecified atom stereocenters. The molecule has 9 N–H and O–H groups in total. The van der Waals surface area contributed by atoms with Crippen molar-refractivity contribution in [2.75, 3.05) is 5.75 Å². The first-order valence-electron chi connectivity index (χ1n) is 9.12. The van der Waals surface area contributed by atoms with Crippen LogP contribution in [0.2, 0.25) is 0 Å². The van der Waals surface area contributed by atoms with Gasteiger partial charge in [0.1, 0.15) is 36.6 Å². The summed E-state index contributed by atoms with van der Waals surface area (Å²) in [7, 11) is 0. The largest absolute Gasteiger partial charge is 0.481 e. The second-order valence-electron chi connectivity index (χ2n) is 7.20. The number of rotatable bonds is 5. The third-order valence-electron chi connectivity index (χ3n) is 5.17. The number of aliphatic hydroxyl groups is 6. The molecule has 12 heteroatoms. The van der Waals surface area contributed by atoms with E-state index in [0.29, 0.717) is 5.25 Å². The van der Waals surface area contributed by atoms with Gasteiger partial charge in [-0.05, 0) is 12.8 Å². The molecular weight excluding hydrogens is 396 g/mol. The van der Waals surface area contributed by atoms with Crippen LogP contribution in [-0.2, 0) is 4.79 Å². The predicted molar refractivity (Wildman–Crippen MR) is 97.6 cm³/mol. The van der Waals surface area contributed by atoms with Crippen LogP contribution in [0.3, 0.4) is 0 Å². The first-order valence-corrected chi connectivity index (χ1v) is 10.2. The van der Waals surface area contributed by atoms with Crippen molar-refractivity contribution in [2.24, 2.45) is 0 Å². The fourth-order valence-corrected chi connectivity index (χ4v) is 5.02. The smallest absolute Gasteiger partial charge is 0.315 e. The van der Waals surface area contributed by atoms with Crippen LogP contribution >= 0.6 is 11.8 Å². The molecule has 2 aliphatic heterocycles. The second kappa shape index (κ2) is 10.1. The normalized spacial score (nSPS) is 42.1. The maximum Gasteiger partial charge on any atom is 0.315 e.